The van der Waals surface area contributed by atoms with Gasteiger partial charge in [0.05, 0.1) is 6.20 Å². The highest BCUT2D eigenvalue weighted by Gasteiger charge is 2.26. The summed E-state index contributed by atoms with van der Waals surface area (Å²) in [6.45, 7) is 0. The summed E-state index contributed by atoms with van der Waals surface area (Å²) in [6, 6.07) is 3.56. The third-order valence-electron chi connectivity index (χ3n) is 1.77. The first kappa shape index (κ1) is 8.96. The van der Waals surface area contributed by atoms with Crippen molar-refractivity contribution < 1.29 is 14.3 Å². The van der Waals surface area contributed by atoms with Gasteiger partial charge >= 0.3 is 5.97 Å². The van der Waals surface area contributed by atoms with Gasteiger partial charge in [0.25, 0.3) is 0 Å². The van der Waals surface area contributed by atoms with Crippen LogP contribution in [0.25, 0.3) is 0 Å². The van der Waals surface area contributed by atoms with Crippen LogP contribution in [0.5, 0.6) is 0 Å². The van der Waals surface area contributed by atoms with Crippen LogP contribution in [0.4, 0.5) is 0 Å². The Balaban J connectivity index is 2.40. The van der Waals surface area contributed by atoms with Crippen LogP contribution >= 0.6 is 11.3 Å². The fourth-order valence-electron chi connectivity index (χ4n) is 1.18. The molecule has 0 aliphatic rings. The maximum Gasteiger partial charge on any atom is 0.321 e. The van der Waals surface area contributed by atoms with Crippen LogP contribution in [-0.2, 0) is 4.79 Å². The fraction of sp³-hybridized carbons (Fsp3) is 0.111. The van der Waals surface area contributed by atoms with Crippen molar-refractivity contribution >= 4 is 17.3 Å². The van der Waals surface area contributed by atoms with E-state index in [-0.39, 0.29) is 5.89 Å². The van der Waals surface area contributed by atoms with Gasteiger partial charge in [-0.25, -0.2) is 4.98 Å². The number of oxazole rings is 1. The van der Waals surface area contributed by atoms with E-state index in [1.54, 1.807) is 12.1 Å². The molecule has 1 N–H and O–H groups in total. The van der Waals surface area contributed by atoms with Gasteiger partial charge < -0.3 is 9.52 Å². The molecule has 0 aliphatic carbocycles. The first-order chi connectivity index (χ1) is 6.79. The Bertz CT molecular complexity index is 373. The number of carboxylic acid groups (broad SMARTS) is 1. The molecule has 0 aliphatic heterocycles. The third-order valence-corrected chi connectivity index (χ3v) is 2.71. The number of hydrogen-bond acceptors (Lipinski definition) is 4. The molecule has 0 saturated carbocycles. The fourth-order valence-corrected chi connectivity index (χ4v) is 1.99. The van der Waals surface area contributed by atoms with Crippen molar-refractivity contribution in [3.05, 3.63) is 40.7 Å². The van der Waals surface area contributed by atoms with Crippen LogP contribution in [0.15, 0.2) is 34.4 Å². The molecule has 0 aromatic carbocycles. The van der Waals surface area contributed by atoms with Crippen LogP contribution in [-0.4, -0.2) is 16.1 Å². The van der Waals surface area contributed by atoms with Crippen molar-refractivity contribution in [2.24, 2.45) is 0 Å². The zero-order valence-electron chi connectivity index (χ0n) is 7.08. The molecule has 2 aromatic heterocycles. The molecule has 2 heterocycles. The van der Waals surface area contributed by atoms with Crippen molar-refractivity contribution in [2.75, 3.05) is 0 Å². The first-order valence-corrected chi connectivity index (χ1v) is 4.82. The summed E-state index contributed by atoms with van der Waals surface area (Å²) in [5, 5.41) is 10.9. The smallest absolute Gasteiger partial charge is 0.321 e. The van der Waals surface area contributed by atoms with E-state index in [1.165, 1.54) is 23.8 Å². The summed E-state index contributed by atoms with van der Waals surface area (Å²) >= 11 is 1.38. The van der Waals surface area contributed by atoms with Gasteiger partial charge in [0, 0.05) is 4.88 Å². The number of hydrogen-bond donors (Lipinski definition) is 1. The van der Waals surface area contributed by atoms with Crippen molar-refractivity contribution in [3.8, 4) is 0 Å². The molecule has 0 spiro atoms. The number of aliphatic carboxylic acids is 1. The molecule has 0 fully saturated rings. The Hall–Kier alpha value is -1.62. The molecule has 5 heteroatoms. The van der Waals surface area contributed by atoms with Gasteiger partial charge in [-0.05, 0) is 11.4 Å². The second-order valence-electron chi connectivity index (χ2n) is 2.66. The molecular weight excluding hydrogens is 202 g/mol. The van der Waals surface area contributed by atoms with E-state index in [1.807, 2.05) is 5.38 Å². The van der Waals surface area contributed by atoms with Crippen LogP contribution in [0.3, 0.4) is 0 Å². The standard InChI is InChI=1S/C9H7NO3S/c11-9(12)7(6-2-1-5-14-6)8-10-3-4-13-8/h1-5,7H,(H,11,12). The summed E-state index contributed by atoms with van der Waals surface area (Å²) in [5.74, 6) is -1.51. The normalized spacial score (nSPS) is 12.6. The lowest BCUT2D eigenvalue weighted by molar-refractivity contribution is -0.138. The molecule has 2 aromatic rings. The Morgan fingerprint density at radius 2 is 2.50 bits per heavy atom. The third kappa shape index (κ3) is 1.54. The van der Waals surface area contributed by atoms with Gasteiger partial charge in [0.2, 0.25) is 5.89 Å². The van der Waals surface area contributed by atoms with Gasteiger partial charge in [-0.3, -0.25) is 4.79 Å². The highest BCUT2D eigenvalue weighted by atomic mass is 32.1. The molecule has 0 radical (unpaired) electrons. The van der Waals surface area contributed by atoms with E-state index in [0.29, 0.717) is 0 Å². The van der Waals surface area contributed by atoms with E-state index in [2.05, 4.69) is 4.98 Å². The van der Waals surface area contributed by atoms with E-state index < -0.39 is 11.9 Å². The minimum absolute atomic E-state index is 0.222. The molecule has 2 rings (SSSR count). The average molecular weight is 209 g/mol. The minimum Gasteiger partial charge on any atom is -0.480 e. The molecule has 0 saturated heterocycles. The Labute approximate surface area is 83.8 Å². The van der Waals surface area contributed by atoms with E-state index in [9.17, 15) is 4.79 Å². The molecule has 72 valence electrons. The SMILES string of the molecule is O=C(O)C(c1ncco1)c1cccs1. The summed E-state index contributed by atoms with van der Waals surface area (Å²) in [5.41, 5.74) is 0. The zero-order valence-corrected chi connectivity index (χ0v) is 7.90. The lowest BCUT2D eigenvalue weighted by atomic mass is 10.1. The lowest BCUT2D eigenvalue weighted by Crippen LogP contribution is -2.11. The Kier molecular flexibility index (Phi) is 2.32. The predicted octanol–water partition coefficient (Wildman–Crippen LogP) is 1.95. The molecular formula is C9H7NO3S. The Morgan fingerprint density at radius 1 is 1.64 bits per heavy atom. The number of rotatable bonds is 3. The van der Waals surface area contributed by atoms with Crippen LogP contribution < -0.4 is 0 Å². The van der Waals surface area contributed by atoms with Crippen LogP contribution in [0.1, 0.15) is 16.7 Å². The summed E-state index contributed by atoms with van der Waals surface area (Å²) < 4.78 is 5.00. The van der Waals surface area contributed by atoms with Gasteiger partial charge in [-0.1, -0.05) is 6.07 Å². The number of aromatic nitrogens is 1. The van der Waals surface area contributed by atoms with Crippen molar-refractivity contribution in [1.82, 2.24) is 4.98 Å². The quantitative estimate of drug-likeness (QED) is 0.839. The van der Waals surface area contributed by atoms with E-state index >= 15 is 0 Å². The summed E-state index contributed by atoms with van der Waals surface area (Å²) in [6.07, 6.45) is 2.82. The number of thiophene rings is 1. The van der Waals surface area contributed by atoms with E-state index in [0.717, 1.165) is 4.88 Å². The molecule has 0 amide bonds. The largest absolute Gasteiger partial charge is 0.480 e. The first-order valence-electron chi connectivity index (χ1n) is 3.94. The number of carbonyl (C=O) groups is 1. The zero-order chi connectivity index (χ0) is 9.97. The molecule has 14 heavy (non-hydrogen) atoms. The predicted molar refractivity (Wildman–Crippen MR) is 50.3 cm³/mol. The average Bonchev–Trinajstić information content (AvgIpc) is 2.75. The maximum atomic E-state index is 11.0. The highest BCUT2D eigenvalue weighted by Crippen LogP contribution is 2.27. The monoisotopic (exact) mass is 209 g/mol. The minimum atomic E-state index is -0.949. The van der Waals surface area contributed by atoms with Crippen molar-refractivity contribution in [3.63, 3.8) is 0 Å². The number of nitrogens with zero attached hydrogens (tertiary/aromatic N) is 1. The second-order valence-corrected chi connectivity index (χ2v) is 3.64. The van der Waals surface area contributed by atoms with Crippen LogP contribution in [0.2, 0.25) is 0 Å². The molecule has 1 atom stereocenters. The van der Waals surface area contributed by atoms with Crippen molar-refractivity contribution in [1.29, 1.82) is 0 Å². The second kappa shape index (κ2) is 3.63. The van der Waals surface area contributed by atoms with Crippen LogP contribution in [0, 0.1) is 0 Å². The topological polar surface area (TPSA) is 63.3 Å². The van der Waals surface area contributed by atoms with E-state index in [4.69, 9.17) is 9.52 Å². The maximum absolute atomic E-state index is 11.0. The van der Waals surface area contributed by atoms with Crippen molar-refractivity contribution in [2.45, 2.75) is 5.92 Å². The van der Waals surface area contributed by atoms with Gasteiger partial charge in [-0.2, -0.15) is 0 Å². The number of carboxylic acids is 1. The highest BCUT2D eigenvalue weighted by molar-refractivity contribution is 7.10. The van der Waals surface area contributed by atoms with Gasteiger partial charge in [-0.15, -0.1) is 11.3 Å². The van der Waals surface area contributed by atoms with Gasteiger partial charge in [0.15, 0.2) is 5.92 Å². The van der Waals surface area contributed by atoms with Gasteiger partial charge in [0.1, 0.15) is 6.26 Å². The summed E-state index contributed by atoms with van der Waals surface area (Å²) in [7, 11) is 0. The molecule has 1 unspecified atom stereocenters. The lowest BCUT2D eigenvalue weighted by Gasteiger charge is -2.04. The molecule has 0 bridgehead atoms. The Morgan fingerprint density at radius 3 is 3.00 bits per heavy atom. The molecule has 4 nitrogen and oxygen atoms in total. The summed E-state index contributed by atoms with van der Waals surface area (Å²) in [4.78, 5) is 15.6.